The van der Waals surface area contributed by atoms with Crippen molar-refractivity contribution in [1.82, 2.24) is 14.5 Å². The van der Waals surface area contributed by atoms with Gasteiger partial charge in [0, 0.05) is 6.20 Å². The first-order chi connectivity index (χ1) is 10.0. The van der Waals surface area contributed by atoms with Crippen molar-refractivity contribution in [2.75, 3.05) is 12.1 Å². The van der Waals surface area contributed by atoms with E-state index in [-0.39, 0.29) is 5.82 Å². The second-order valence-electron chi connectivity index (χ2n) is 5.10. The van der Waals surface area contributed by atoms with E-state index in [1.807, 2.05) is 5.48 Å². The van der Waals surface area contributed by atoms with Gasteiger partial charge in [-0.15, -0.1) is 0 Å². The molecule has 1 aliphatic heterocycles. The number of hydrogen-bond acceptors (Lipinski definition) is 7. The average molecular weight is 298 g/mol. The van der Waals surface area contributed by atoms with Gasteiger partial charge in [-0.1, -0.05) is 0 Å². The van der Waals surface area contributed by atoms with Gasteiger partial charge in [0.25, 0.3) is 0 Å². The summed E-state index contributed by atoms with van der Waals surface area (Å²) in [7, 11) is 0. The monoisotopic (exact) mass is 298 g/mol. The molecule has 3 rings (SSSR count). The minimum atomic E-state index is -2.10. The molecule has 1 saturated heterocycles. The van der Waals surface area contributed by atoms with Crippen molar-refractivity contribution in [2.45, 2.75) is 31.0 Å². The zero-order chi connectivity index (χ0) is 15.2. The van der Waals surface area contributed by atoms with Crippen LogP contribution in [0.25, 0.3) is 11.0 Å². The maximum Gasteiger partial charge on any atom is 0.181 e. The minimum Gasteiger partial charge on any atom is -0.394 e. The molecule has 21 heavy (non-hydrogen) atoms. The molecule has 0 spiro atoms. The second kappa shape index (κ2) is 4.88. The largest absolute Gasteiger partial charge is 0.394 e. The van der Waals surface area contributed by atoms with Gasteiger partial charge in [0.05, 0.1) is 12.0 Å². The van der Waals surface area contributed by atoms with Crippen molar-refractivity contribution >= 4 is 16.9 Å². The topological polar surface area (TPSA) is 113 Å². The first-order valence-electron chi connectivity index (χ1n) is 6.35. The first-order valence-corrected chi connectivity index (χ1v) is 6.35. The summed E-state index contributed by atoms with van der Waals surface area (Å²) in [6.07, 6.45) is -0.887. The van der Waals surface area contributed by atoms with E-state index in [0.717, 1.165) is 0 Å². The highest BCUT2D eigenvalue weighted by atomic mass is 19.1. The Kier molecular flexibility index (Phi) is 3.29. The normalized spacial score (nSPS) is 32.7. The van der Waals surface area contributed by atoms with Crippen LogP contribution in [0.2, 0.25) is 0 Å². The van der Waals surface area contributed by atoms with Crippen molar-refractivity contribution in [2.24, 2.45) is 0 Å². The summed E-state index contributed by atoms with van der Waals surface area (Å²) in [6, 6.07) is 1.59. The minimum absolute atomic E-state index is 0.177. The quantitative estimate of drug-likeness (QED) is 0.599. The van der Waals surface area contributed by atoms with E-state index in [9.17, 15) is 9.50 Å². The Labute approximate surface area is 118 Å². The Bertz CT molecular complexity index is 662. The lowest BCUT2D eigenvalue weighted by Crippen LogP contribution is -2.40. The number of nitrogens with zero attached hydrogens (tertiary/aromatic N) is 3. The van der Waals surface area contributed by atoms with Crippen molar-refractivity contribution in [3.63, 3.8) is 0 Å². The summed E-state index contributed by atoms with van der Waals surface area (Å²) < 4.78 is 21.6. The van der Waals surface area contributed by atoms with Crippen LogP contribution < -0.4 is 5.48 Å². The van der Waals surface area contributed by atoms with E-state index in [0.29, 0.717) is 11.0 Å². The van der Waals surface area contributed by atoms with Crippen LogP contribution in [0.4, 0.5) is 10.2 Å². The van der Waals surface area contributed by atoms with Crippen LogP contribution in [0.1, 0.15) is 13.2 Å². The lowest BCUT2D eigenvalue weighted by Gasteiger charge is -2.25. The molecule has 1 aliphatic rings. The summed E-state index contributed by atoms with van der Waals surface area (Å²) in [5, 5.41) is 28.5. The summed E-state index contributed by atoms with van der Waals surface area (Å²) in [4.78, 5) is 7.88. The van der Waals surface area contributed by atoms with Crippen molar-refractivity contribution < 1.29 is 24.5 Å². The van der Waals surface area contributed by atoms with Crippen LogP contribution in [0.15, 0.2) is 18.6 Å². The number of aromatic nitrogens is 3. The molecule has 8 nitrogen and oxygen atoms in total. The third-order valence-corrected chi connectivity index (χ3v) is 3.76. The van der Waals surface area contributed by atoms with Crippen LogP contribution in [-0.4, -0.2) is 54.4 Å². The Morgan fingerprint density at radius 1 is 1.52 bits per heavy atom. The molecule has 2 aromatic rings. The second-order valence-corrected chi connectivity index (χ2v) is 5.10. The Balaban J connectivity index is 2.09. The SMILES string of the molecule is C[C@@]1(F)C(O)C(CO)O[C@H]1n1ccc2c(NO)ncnc21. The summed E-state index contributed by atoms with van der Waals surface area (Å²) in [6.45, 7) is 0.713. The van der Waals surface area contributed by atoms with Crippen molar-refractivity contribution in [1.29, 1.82) is 0 Å². The number of ether oxygens (including phenoxy) is 1. The Morgan fingerprint density at radius 3 is 2.90 bits per heavy atom. The van der Waals surface area contributed by atoms with Crippen LogP contribution in [0.5, 0.6) is 0 Å². The molecule has 114 valence electrons. The van der Waals surface area contributed by atoms with E-state index in [1.165, 1.54) is 24.0 Å². The number of aliphatic hydroxyl groups excluding tert-OH is 2. The number of fused-ring (bicyclic) bond motifs is 1. The maximum absolute atomic E-state index is 14.8. The highest BCUT2D eigenvalue weighted by molar-refractivity contribution is 5.86. The fraction of sp³-hybridized carbons (Fsp3) is 0.500. The molecule has 3 heterocycles. The van der Waals surface area contributed by atoms with Gasteiger partial charge in [0.1, 0.15) is 24.2 Å². The molecule has 0 amide bonds. The van der Waals surface area contributed by atoms with Crippen LogP contribution in [0, 0.1) is 0 Å². The number of hydrogen-bond donors (Lipinski definition) is 4. The Hall–Kier alpha value is -1.81. The standard InChI is InChI=1S/C12H15FN4O4/c1-12(13)8(19)7(4-18)21-11(12)17-3-2-6-9(16-20)14-5-15-10(6)17/h2-3,5,7-8,11,18-20H,4H2,1H3,(H,14,15,16)/t7?,8?,11-,12-/m1/s1. The highest BCUT2D eigenvalue weighted by Gasteiger charge is 2.54. The molecule has 2 unspecified atom stereocenters. The molecule has 0 radical (unpaired) electrons. The molecule has 0 bridgehead atoms. The molecular weight excluding hydrogens is 283 g/mol. The smallest absolute Gasteiger partial charge is 0.181 e. The van der Waals surface area contributed by atoms with E-state index in [2.05, 4.69) is 9.97 Å². The van der Waals surface area contributed by atoms with Gasteiger partial charge in [-0.25, -0.2) is 14.4 Å². The maximum atomic E-state index is 14.8. The predicted octanol–water partition coefficient (Wildman–Crippen LogP) is 0.211. The van der Waals surface area contributed by atoms with Gasteiger partial charge in [-0.2, -0.15) is 0 Å². The summed E-state index contributed by atoms with van der Waals surface area (Å²) >= 11 is 0. The van der Waals surface area contributed by atoms with Gasteiger partial charge >= 0.3 is 0 Å². The van der Waals surface area contributed by atoms with Crippen molar-refractivity contribution in [3.8, 4) is 0 Å². The Morgan fingerprint density at radius 2 is 2.29 bits per heavy atom. The summed E-state index contributed by atoms with van der Waals surface area (Å²) in [5.41, 5.74) is 0.169. The van der Waals surface area contributed by atoms with Crippen LogP contribution in [0.3, 0.4) is 0 Å². The number of rotatable bonds is 3. The highest BCUT2D eigenvalue weighted by Crippen LogP contribution is 2.42. The lowest BCUT2D eigenvalue weighted by molar-refractivity contribution is -0.0564. The first kappa shape index (κ1) is 14.1. The molecule has 0 aliphatic carbocycles. The molecular formula is C12H15FN4O4. The lowest BCUT2D eigenvalue weighted by atomic mass is 9.98. The zero-order valence-electron chi connectivity index (χ0n) is 11.1. The number of halogens is 1. The number of anilines is 1. The molecule has 2 aromatic heterocycles. The molecule has 1 fully saturated rings. The van der Waals surface area contributed by atoms with E-state index in [4.69, 9.17) is 15.1 Å². The fourth-order valence-corrected chi connectivity index (χ4v) is 2.61. The molecule has 4 N–H and O–H groups in total. The van der Waals surface area contributed by atoms with Crippen LogP contribution in [-0.2, 0) is 4.74 Å². The molecule has 4 atom stereocenters. The number of alkyl halides is 1. The van der Waals surface area contributed by atoms with Gasteiger partial charge in [0.15, 0.2) is 17.7 Å². The van der Waals surface area contributed by atoms with E-state index >= 15 is 0 Å². The van der Waals surface area contributed by atoms with Gasteiger partial charge in [0.2, 0.25) is 0 Å². The number of aliphatic hydroxyl groups is 2. The van der Waals surface area contributed by atoms with E-state index in [1.54, 1.807) is 6.07 Å². The third kappa shape index (κ3) is 1.97. The fourth-order valence-electron chi connectivity index (χ4n) is 2.61. The average Bonchev–Trinajstić information content (AvgIpc) is 2.99. The van der Waals surface area contributed by atoms with Gasteiger partial charge in [-0.05, 0) is 13.0 Å². The molecule has 9 heteroatoms. The molecule has 0 saturated carbocycles. The number of nitrogens with one attached hydrogen (secondary N) is 1. The van der Waals surface area contributed by atoms with Gasteiger partial charge in [-0.3, -0.25) is 10.7 Å². The third-order valence-electron chi connectivity index (χ3n) is 3.76. The zero-order valence-corrected chi connectivity index (χ0v) is 11.1. The van der Waals surface area contributed by atoms with Crippen molar-refractivity contribution in [3.05, 3.63) is 18.6 Å². The molecule has 0 aromatic carbocycles. The van der Waals surface area contributed by atoms with Gasteiger partial charge < -0.3 is 19.5 Å². The van der Waals surface area contributed by atoms with Crippen LogP contribution >= 0.6 is 0 Å². The summed E-state index contributed by atoms with van der Waals surface area (Å²) in [5.74, 6) is 0.177. The predicted molar refractivity (Wildman–Crippen MR) is 69.5 cm³/mol. The van der Waals surface area contributed by atoms with E-state index < -0.39 is 30.7 Å².